The van der Waals surface area contributed by atoms with Crippen LogP contribution in [0.15, 0.2) is 36.4 Å². The number of para-hydroxylation sites is 2. The van der Waals surface area contributed by atoms with Gasteiger partial charge >= 0.3 is 0 Å². The van der Waals surface area contributed by atoms with Gasteiger partial charge in [-0.2, -0.15) is 0 Å². The number of halogens is 2. The highest BCUT2D eigenvalue weighted by Crippen LogP contribution is 2.26. The Labute approximate surface area is 150 Å². The summed E-state index contributed by atoms with van der Waals surface area (Å²) in [7, 11) is 3.55. The number of likely N-dealkylation sites (N-methyl/N-ethyl adjacent to an activating group) is 1. The van der Waals surface area contributed by atoms with E-state index in [1.165, 1.54) is 12.1 Å². The number of hydrogen-bond acceptors (Lipinski definition) is 3. The molecule has 5 nitrogen and oxygen atoms in total. The van der Waals surface area contributed by atoms with E-state index in [4.69, 9.17) is 11.6 Å². The molecular formula is C18H19ClFN3O2. The number of anilines is 2. The van der Waals surface area contributed by atoms with Crippen LogP contribution < -0.4 is 10.6 Å². The molecule has 0 bridgehead atoms. The minimum atomic E-state index is -0.706. The van der Waals surface area contributed by atoms with E-state index in [2.05, 4.69) is 10.6 Å². The van der Waals surface area contributed by atoms with Crippen LogP contribution in [-0.4, -0.2) is 37.4 Å². The Hall–Kier alpha value is -2.44. The molecular weight excluding hydrogens is 345 g/mol. The molecule has 0 radical (unpaired) electrons. The normalized spacial score (nSPS) is 10.6. The molecule has 0 aliphatic carbocycles. The van der Waals surface area contributed by atoms with E-state index in [9.17, 15) is 14.0 Å². The molecule has 2 rings (SSSR count). The second kappa shape index (κ2) is 8.09. The van der Waals surface area contributed by atoms with E-state index in [0.717, 1.165) is 0 Å². The van der Waals surface area contributed by atoms with E-state index in [-0.39, 0.29) is 23.0 Å². The van der Waals surface area contributed by atoms with E-state index >= 15 is 0 Å². The standard InChI is InChI=1S/C18H19ClFN3O2/c1-11-8-9-12(20)16(17(11)19)18(25)22-14-7-5-4-6-13(14)21-15(24)10-23(2)3/h4-9H,10H2,1-3H3,(H,21,24)(H,22,25). The van der Waals surface area contributed by atoms with Crippen LogP contribution in [0.25, 0.3) is 0 Å². The third kappa shape index (κ3) is 4.78. The zero-order valence-electron chi connectivity index (χ0n) is 14.2. The van der Waals surface area contributed by atoms with Crippen LogP contribution in [-0.2, 0) is 4.79 Å². The fourth-order valence-corrected chi connectivity index (χ4v) is 2.47. The summed E-state index contributed by atoms with van der Waals surface area (Å²) in [4.78, 5) is 26.1. The highest BCUT2D eigenvalue weighted by molar-refractivity contribution is 6.35. The van der Waals surface area contributed by atoms with Crippen LogP contribution in [0, 0.1) is 12.7 Å². The molecule has 0 fully saturated rings. The van der Waals surface area contributed by atoms with Crippen molar-refractivity contribution >= 4 is 34.8 Å². The number of nitrogens with one attached hydrogen (secondary N) is 2. The van der Waals surface area contributed by atoms with Crippen LogP contribution in [0.3, 0.4) is 0 Å². The van der Waals surface area contributed by atoms with Gasteiger partial charge in [0.15, 0.2) is 0 Å². The second-order valence-corrected chi connectivity index (χ2v) is 6.22. The Bertz CT molecular complexity index is 809. The zero-order valence-corrected chi connectivity index (χ0v) is 14.9. The molecule has 0 unspecified atom stereocenters. The first kappa shape index (κ1) is 18.9. The summed E-state index contributed by atoms with van der Waals surface area (Å²) < 4.78 is 14.0. The average molecular weight is 364 g/mol. The van der Waals surface area contributed by atoms with Crippen molar-refractivity contribution in [1.82, 2.24) is 4.90 Å². The van der Waals surface area contributed by atoms with Crippen molar-refractivity contribution < 1.29 is 14.0 Å². The van der Waals surface area contributed by atoms with E-state index in [0.29, 0.717) is 16.9 Å². The van der Waals surface area contributed by atoms with Crippen molar-refractivity contribution in [2.45, 2.75) is 6.92 Å². The van der Waals surface area contributed by atoms with Gasteiger partial charge in [-0.1, -0.05) is 29.8 Å². The van der Waals surface area contributed by atoms with Gasteiger partial charge in [0.05, 0.1) is 28.5 Å². The Balaban J connectivity index is 2.25. The molecule has 0 saturated carbocycles. The van der Waals surface area contributed by atoms with Crippen molar-refractivity contribution in [3.05, 3.63) is 58.4 Å². The predicted molar refractivity (Wildman–Crippen MR) is 97.7 cm³/mol. The first-order valence-corrected chi connectivity index (χ1v) is 7.97. The Morgan fingerprint density at radius 1 is 1.08 bits per heavy atom. The zero-order chi connectivity index (χ0) is 18.6. The highest BCUT2D eigenvalue weighted by Gasteiger charge is 2.19. The van der Waals surface area contributed by atoms with E-state index in [1.807, 2.05) is 0 Å². The van der Waals surface area contributed by atoms with Crippen molar-refractivity contribution in [2.24, 2.45) is 0 Å². The maximum atomic E-state index is 14.0. The topological polar surface area (TPSA) is 61.4 Å². The molecule has 0 atom stereocenters. The summed E-state index contributed by atoms with van der Waals surface area (Å²) in [5, 5.41) is 5.38. The number of nitrogens with zero attached hydrogens (tertiary/aromatic N) is 1. The van der Waals surface area contributed by atoms with Gasteiger partial charge in [0, 0.05) is 0 Å². The van der Waals surface area contributed by atoms with Gasteiger partial charge in [-0.25, -0.2) is 4.39 Å². The smallest absolute Gasteiger partial charge is 0.260 e. The van der Waals surface area contributed by atoms with Gasteiger partial charge in [-0.15, -0.1) is 0 Å². The molecule has 2 N–H and O–H groups in total. The quantitative estimate of drug-likeness (QED) is 0.854. The lowest BCUT2D eigenvalue weighted by Gasteiger charge is -2.15. The Kier molecular flexibility index (Phi) is 6.12. The first-order valence-electron chi connectivity index (χ1n) is 7.59. The Morgan fingerprint density at radius 3 is 2.28 bits per heavy atom. The third-order valence-corrected chi connectivity index (χ3v) is 3.91. The molecule has 2 amide bonds. The van der Waals surface area contributed by atoms with Gasteiger partial charge in [0.2, 0.25) is 5.91 Å². The monoisotopic (exact) mass is 363 g/mol. The maximum absolute atomic E-state index is 14.0. The number of amides is 2. The number of benzene rings is 2. The fraction of sp³-hybridized carbons (Fsp3) is 0.222. The molecule has 0 aliphatic heterocycles. The largest absolute Gasteiger partial charge is 0.323 e. The molecule has 0 saturated heterocycles. The van der Waals surface area contributed by atoms with Gasteiger partial charge in [-0.05, 0) is 44.8 Å². The molecule has 0 heterocycles. The summed E-state index contributed by atoms with van der Waals surface area (Å²) in [6, 6.07) is 9.39. The number of rotatable bonds is 5. The van der Waals surface area contributed by atoms with Gasteiger partial charge in [0.1, 0.15) is 5.82 Å². The number of carbonyl (C=O) groups is 2. The van der Waals surface area contributed by atoms with Gasteiger partial charge in [-0.3, -0.25) is 9.59 Å². The fourth-order valence-electron chi connectivity index (χ4n) is 2.23. The maximum Gasteiger partial charge on any atom is 0.260 e. The first-order chi connectivity index (χ1) is 11.8. The van der Waals surface area contributed by atoms with Crippen molar-refractivity contribution in [3.8, 4) is 0 Å². The number of hydrogen-bond donors (Lipinski definition) is 2. The summed E-state index contributed by atoms with van der Waals surface area (Å²) in [5.74, 6) is -1.62. The van der Waals surface area contributed by atoms with Crippen LogP contribution in [0.1, 0.15) is 15.9 Å². The van der Waals surface area contributed by atoms with Gasteiger partial charge < -0.3 is 15.5 Å². The number of carbonyl (C=O) groups excluding carboxylic acids is 2. The van der Waals surface area contributed by atoms with Crippen LogP contribution in [0.4, 0.5) is 15.8 Å². The molecule has 0 aromatic heterocycles. The molecule has 7 heteroatoms. The summed E-state index contributed by atoms with van der Waals surface area (Å²) >= 11 is 6.06. The summed E-state index contributed by atoms with van der Waals surface area (Å²) in [5.41, 5.74) is 1.15. The minimum Gasteiger partial charge on any atom is -0.323 e. The van der Waals surface area contributed by atoms with Crippen molar-refractivity contribution in [1.29, 1.82) is 0 Å². The Morgan fingerprint density at radius 2 is 1.68 bits per heavy atom. The molecule has 2 aromatic carbocycles. The molecule has 2 aromatic rings. The average Bonchev–Trinajstić information content (AvgIpc) is 2.52. The summed E-state index contributed by atoms with van der Waals surface area (Å²) in [6.45, 7) is 1.88. The molecule has 132 valence electrons. The van der Waals surface area contributed by atoms with Crippen molar-refractivity contribution in [3.63, 3.8) is 0 Å². The lowest BCUT2D eigenvalue weighted by atomic mass is 10.1. The second-order valence-electron chi connectivity index (χ2n) is 5.84. The lowest BCUT2D eigenvalue weighted by Crippen LogP contribution is -2.27. The van der Waals surface area contributed by atoms with Gasteiger partial charge in [0.25, 0.3) is 5.91 Å². The molecule has 25 heavy (non-hydrogen) atoms. The SMILES string of the molecule is Cc1ccc(F)c(C(=O)Nc2ccccc2NC(=O)CN(C)C)c1Cl. The van der Waals surface area contributed by atoms with Crippen LogP contribution in [0.2, 0.25) is 5.02 Å². The molecule has 0 aliphatic rings. The van der Waals surface area contributed by atoms with Crippen LogP contribution in [0.5, 0.6) is 0 Å². The summed E-state index contributed by atoms with van der Waals surface area (Å²) in [6.07, 6.45) is 0. The highest BCUT2D eigenvalue weighted by atomic mass is 35.5. The van der Waals surface area contributed by atoms with E-state index < -0.39 is 11.7 Å². The predicted octanol–water partition coefficient (Wildman–Crippen LogP) is 3.54. The van der Waals surface area contributed by atoms with Crippen molar-refractivity contribution in [2.75, 3.05) is 31.3 Å². The van der Waals surface area contributed by atoms with E-state index in [1.54, 1.807) is 50.2 Å². The lowest BCUT2D eigenvalue weighted by molar-refractivity contribution is -0.116. The minimum absolute atomic E-state index is 0.0617. The third-order valence-electron chi connectivity index (χ3n) is 3.42. The van der Waals surface area contributed by atoms with Crippen LogP contribution >= 0.6 is 11.6 Å². The molecule has 0 spiro atoms. The number of aryl methyl sites for hydroxylation is 1.